The highest BCUT2D eigenvalue weighted by molar-refractivity contribution is 5.75. The molecule has 2 amide bonds. The fourth-order valence-corrected chi connectivity index (χ4v) is 5.08. The fourth-order valence-electron chi connectivity index (χ4n) is 5.08. The van der Waals surface area contributed by atoms with Gasteiger partial charge in [-0.25, -0.2) is 4.79 Å². The molecule has 0 radical (unpaired) electrons. The van der Waals surface area contributed by atoms with Crippen LogP contribution in [-0.2, 0) is 0 Å². The molecule has 2 aromatic rings. The number of urea groups is 1. The van der Waals surface area contributed by atoms with Crippen molar-refractivity contribution >= 4 is 6.03 Å². The van der Waals surface area contributed by atoms with E-state index in [-0.39, 0.29) is 17.5 Å². The van der Waals surface area contributed by atoms with Crippen molar-refractivity contribution in [2.45, 2.75) is 44.2 Å². The second-order valence-corrected chi connectivity index (χ2v) is 8.73. The van der Waals surface area contributed by atoms with E-state index in [1.54, 1.807) is 0 Å². The molecule has 2 aliphatic heterocycles. The van der Waals surface area contributed by atoms with Gasteiger partial charge in [-0.05, 0) is 38.4 Å². The van der Waals surface area contributed by atoms with Gasteiger partial charge in [0.1, 0.15) is 0 Å². The van der Waals surface area contributed by atoms with Crippen molar-refractivity contribution in [3.05, 3.63) is 36.2 Å². The molecular weight excluding hydrogens is 354 g/mol. The van der Waals surface area contributed by atoms with Crippen LogP contribution < -0.4 is 5.32 Å². The Morgan fingerprint density at radius 1 is 1.14 bits per heavy atom. The summed E-state index contributed by atoms with van der Waals surface area (Å²) in [5, 5.41) is 11.8. The highest BCUT2D eigenvalue weighted by Gasteiger charge is 2.53. The summed E-state index contributed by atoms with van der Waals surface area (Å²) in [6.45, 7) is 2.58. The SMILES string of the molecule is CN1CC2(C[C@H]1c1nnc(-c3ccccc3)o1)CN(C(=O)NC1CCCC1)C2. The molecule has 1 N–H and O–H groups in total. The number of aromatic nitrogens is 2. The summed E-state index contributed by atoms with van der Waals surface area (Å²) in [4.78, 5) is 16.7. The standard InChI is InChI=1S/C21H27N5O2/c1-25-12-21(13-26(14-21)20(27)22-16-9-5-6-10-16)11-17(25)19-24-23-18(28-19)15-7-3-2-4-8-15/h2-4,7-8,16-17H,5-6,9-14H2,1H3,(H,22,27)/t17-/m0/s1. The van der Waals surface area contributed by atoms with Crippen LogP contribution in [0.5, 0.6) is 0 Å². The molecule has 2 saturated heterocycles. The monoisotopic (exact) mass is 381 g/mol. The van der Waals surface area contributed by atoms with E-state index in [1.807, 2.05) is 35.2 Å². The quantitative estimate of drug-likeness (QED) is 0.884. The van der Waals surface area contributed by atoms with Crippen LogP contribution in [0.3, 0.4) is 0 Å². The predicted octanol–water partition coefficient (Wildman–Crippen LogP) is 3.07. The van der Waals surface area contributed by atoms with Crippen LogP contribution in [-0.4, -0.2) is 58.8 Å². The van der Waals surface area contributed by atoms with Gasteiger partial charge in [0.25, 0.3) is 0 Å². The van der Waals surface area contributed by atoms with Gasteiger partial charge in [0.05, 0.1) is 6.04 Å². The molecule has 7 heteroatoms. The van der Waals surface area contributed by atoms with Gasteiger partial charge in [-0.15, -0.1) is 10.2 Å². The van der Waals surface area contributed by atoms with Gasteiger partial charge in [-0.2, -0.15) is 0 Å². The Bertz CT molecular complexity index is 839. The van der Waals surface area contributed by atoms with Crippen molar-refractivity contribution in [1.29, 1.82) is 0 Å². The minimum Gasteiger partial charge on any atom is -0.419 e. The number of carbonyl (C=O) groups is 1. The first-order valence-electron chi connectivity index (χ1n) is 10.3. The number of hydrogen-bond donors (Lipinski definition) is 1. The number of amides is 2. The Balaban J connectivity index is 1.22. The minimum atomic E-state index is 0.104. The van der Waals surface area contributed by atoms with Crippen molar-refractivity contribution in [3.8, 4) is 11.5 Å². The molecule has 3 fully saturated rings. The number of carbonyl (C=O) groups excluding carboxylic acids is 1. The van der Waals surface area contributed by atoms with Crippen LogP contribution in [0.15, 0.2) is 34.7 Å². The summed E-state index contributed by atoms with van der Waals surface area (Å²) in [5.74, 6) is 1.24. The maximum absolute atomic E-state index is 12.5. The molecule has 1 aromatic heterocycles. The van der Waals surface area contributed by atoms with Crippen molar-refractivity contribution in [2.24, 2.45) is 5.41 Å². The maximum atomic E-state index is 12.5. The number of likely N-dealkylation sites (tertiary alicyclic amines) is 2. The zero-order valence-corrected chi connectivity index (χ0v) is 16.3. The Morgan fingerprint density at radius 2 is 1.89 bits per heavy atom. The summed E-state index contributed by atoms with van der Waals surface area (Å²) in [5.41, 5.74) is 1.09. The van der Waals surface area contributed by atoms with Gasteiger partial charge in [-0.1, -0.05) is 31.0 Å². The van der Waals surface area contributed by atoms with E-state index >= 15 is 0 Å². The smallest absolute Gasteiger partial charge is 0.317 e. The highest BCUT2D eigenvalue weighted by atomic mass is 16.4. The molecule has 7 nitrogen and oxygen atoms in total. The van der Waals surface area contributed by atoms with Crippen molar-refractivity contribution in [3.63, 3.8) is 0 Å². The molecular formula is C21H27N5O2. The van der Waals surface area contributed by atoms with E-state index < -0.39 is 0 Å². The zero-order chi connectivity index (χ0) is 19.1. The lowest BCUT2D eigenvalue weighted by molar-refractivity contribution is 0.0391. The maximum Gasteiger partial charge on any atom is 0.317 e. The third-order valence-electron chi connectivity index (χ3n) is 6.51. The molecule has 1 atom stereocenters. The van der Waals surface area contributed by atoms with E-state index in [2.05, 4.69) is 27.5 Å². The van der Waals surface area contributed by atoms with Crippen LogP contribution in [0, 0.1) is 5.41 Å². The van der Waals surface area contributed by atoms with Gasteiger partial charge in [0, 0.05) is 36.7 Å². The molecule has 5 rings (SSSR count). The van der Waals surface area contributed by atoms with E-state index in [0.717, 1.165) is 44.5 Å². The first-order valence-corrected chi connectivity index (χ1v) is 10.3. The zero-order valence-electron chi connectivity index (χ0n) is 16.3. The second-order valence-electron chi connectivity index (χ2n) is 8.73. The lowest BCUT2D eigenvalue weighted by Crippen LogP contribution is -2.62. The Morgan fingerprint density at radius 3 is 2.64 bits per heavy atom. The number of nitrogens with zero attached hydrogens (tertiary/aromatic N) is 4. The van der Waals surface area contributed by atoms with Crippen LogP contribution in [0.2, 0.25) is 0 Å². The lowest BCUT2D eigenvalue weighted by Gasteiger charge is -2.48. The van der Waals surface area contributed by atoms with E-state index in [1.165, 1.54) is 12.8 Å². The first-order chi connectivity index (χ1) is 13.6. The summed E-state index contributed by atoms with van der Waals surface area (Å²) >= 11 is 0. The third-order valence-corrected chi connectivity index (χ3v) is 6.51. The number of hydrogen-bond acceptors (Lipinski definition) is 5. The molecule has 0 unspecified atom stereocenters. The van der Waals surface area contributed by atoms with E-state index in [9.17, 15) is 4.79 Å². The van der Waals surface area contributed by atoms with Gasteiger partial charge in [0.15, 0.2) is 0 Å². The minimum absolute atomic E-state index is 0.104. The number of benzene rings is 1. The summed E-state index contributed by atoms with van der Waals surface area (Å²) < 4.78 is 5.99. The normalized spacial score (nSPS) is 24.6. The average Bonchev–Trinajstić information content (AvgIpc) is 3.40. The van der Waals surface area contributed by atoms with E-state index in [4.69, 9.17) is 4.42 Å². The molecule has 1 aliphatic carbocycles. The molecule has 3 heterocycles. The summed E-state index contributed by atoms with van der Waals surface area (Å²) in [7, 11) is 2.10. The van der Waals surface area contributed by atoms with Gasteiger partial charge in [0.2, 0.25) is 11.8 Å². The van der Waals surface area contributed by atoms with Crippen molar-refractivity contribution in [2.75, 3.05) is 26.7 Å². The lowest BCUT2D eigenvalue weighted by atomic mass is 9.78. The van der Waals surface area contributed by atoms with E-state index in [0.29, 0.717) is 17.8 Å². The Kier molecular flexibility index (Phi) is 4.34. The van der Waals surface area contributed by atoms with Crippen LogP contribution in [0.1, 0.15) is 44.0 Å². The molecule has 1 aromatic carbocycles. The second kappa shape index (κ2) is 6.88. The molecule has 1 spiro atoms. The topological polar surface area (TPSA) is 74.5 Å². The first kappa shape index (κ1) is 17.7. The predicted molar refractivity (Wildman–Crippen MR) is 105 cm³/mol. The molecule has 1 saturated carbocycles. The number of rotatable bonds is 3. The highest BCUT2D eigenvalue weighted by Crippen LogP contribution is 2.47. The average molecular weight is 381 g/mol. The Hall–Kier alpha value is -2.41. The van der Waals surface area contributed by atoms with Crippen molar-refractivity contribution in [1.82, 2.24) is 25.3 Å². The van der Waals surface area contributed by atoms with Crippen LogP contribution >= 0.6 is 0 Å². The molecule has 3 aliphatic rings. The summed E-state index contributed by atoms with van der Waals surface area (Å²) in [6, 6.07) is 10.5. The third kappa shape index (κ3) is 3.17. The van der Waals surface area contributed by atoms with Crippen LogP contribution in [0.4, 0.5) is 4.79 Å². The van der Waals surface area contributed by atoms with Gasteiger partial charge >= 0.3 is 6.03 Å². The van der Waals surface area contributed by atoms with Crippen LogP contribution in [0.25, 0.3) is 11.5 Å². The Labute approximate surface area is 165 Å². The van der Waals surface area contributed by atoms with Gasteiger partial charge in [-0.3, -0.25) is 4.90 Å². The fraction of sp³-hybridized carbons (Fsp3) is 0.571. The largest absolute Gasteiger partial charge is 0.419 e. The molecule has 0 bridgehead atoms. The summed E-state index contributed by atoms with van der Waals surface area (Å²) in [6.07, 6.45) is 5.66. The van der Waals surface area contributed by atoms with Crippen molar-refractivity contribution < 1.29 is 9.21 Å². The van der Waals surface area contributed by atoms with Gasteiger partial charge < -0.3 is 14.6 Å². The number of nitrogens with one attached hydrogen (secondary N) is 1. The molecule has 28 heavy (non-hydrogen) atoms. The molecule has 148 valence electrons.